The summed E-state index contributed by atoms with van der Waals surface area (Å²) in [6.45, 7) is 6.32. The van der Waals surface area contributed by atoms with Crippen LogP contribution in [0.15, 0.2) is 21.5 Å². The van der Waals surface area contributed by atoms with Crippen molar-refractivity contribution in [2.75, 3.05) is 6.54 Å². The second-order valence-electron chi connectivity index (χ2n) is 9.11. The fraction of sp³-hybridized carbons (Fsp3) is 0.400. The van der Waals surface area contributed by atoms with Gasteiger partial charge in [0.05, 0.1) is 22.8 Å². The fourth-order valence-electron chi connectivity index (χ4n) is 4.84. The number of aromatic nitrogens is 2. The van der Waals surface area contributed by atoms with Gasteiger partial charge in [-0.2, -0.15) is 0 Å². The SMILES string of the molecule is Cc1noc(C)c1-c1cc(Cl)c2c(c1Cl)C(=O)N(Cc1c(C3CC3)cc(C)n(C)c1=O)CC2. The molecule has 0 saturated heterocycles. The number of carbonyl (C=O) groups is 1. The van der Waals surface area contributed by atoms with Crippen molar-refractivity contribution in [1.82, 2.24) is 14.6 Å². The Morgan fingerprint density at radius 2 is 1.85 bits per heavy atom. The van der Waals surface area contributed by atoms with Crippen LogP contribution in [0.5, 0.6) is 0 Å². The third-order valence-electron chi connectivity index (χ3n) is 6.92. The van der Waals surface area contributed by atoms with Gasteiger partial charge >= 0.3 is 0 Å². The van der Waals surface area contributed by atoms with Crippen LogP contribution in [0.2, 0.25) is 10.0 Å². The maximum atomic E-state index is 13.7. The van der Waals surface area contributed by atoms with Gasteiger partial charge < -0.3 is 14.0 Å². The predicted molar refractivity (Wildman–Crippen MR) is 128 cm³/mol. The van der Waals surface area contributed by atoms with Gasteiger partial charge in [0.2, 0.25) is 0 Å². The summed E-state index contributed by atoms with van der Waals surface area (Å²) in [7, 11) is 1.78. The molecular weight excluding hydrogens is 461 g/mol. The fourth-order valence-corrected chi connectivity index (χ4v) is 5.48. The van der Waals surface area contributed by atoms with Gasteiger partial charge in [0.15, 0.2) is 0 Å². The van der Waals surface area contributed by atoms with Gasteiger partial charge in [-0.05, 0) is 69.2 Å². The Hall–Kier alpha value is -2.57. The molecule has 0 N–H and O–H groups in total. The summed E-state index contributed by atoms with van der Waals surface area (Å²) < 4.78 is 6.96. The number of amides is 1. The van der Waals surface area contributed by atoms with E-state index in [9.17, 15) is 9.59 Å². The number of hydrogen-bond donors (Lipinski definition) is 0. The minimum Gasteiger partial charge on any atom is -0.361 e. The maximum absolute atomic E-state index is 13.7. The zero-order chi connectivity index (χ0) is 23.6. The first-order valence-electron chi connectivity index (χ1n) is 11.1. The molecule has 0 bridgehead atoms. The Labute approximate surface area is 202 Å². The van der Waals surface area contributed by atoms with E-state index in [0.29, 0.717) is 57.1 Å². The van der Waals surface area contributed by atoms with E-state index in [0.717, 1.165) is 35.2 Å². The van der Waals surface area contributed by atoms with Crippen molar-refractivity contribution >= 4 is 29.1 Å². The first kappa shape index (κ1) is 22.2. The second kappa shape index (κ2) is 8.03. The number of benzene rings is 1. The zero-order valence-corrected chi connectivity index (χ0v) is 20.6. The van der Waals surface area contributed by atoms with Gasteiger partial charge in [0, 0.05) is 41.0 Å². The molecule has 3 aromatic rings. The predicted octanol–water partition coefficient (Wildman–Crippen LogP) is 5.35. The van der Waals surface area contributed by atoms with Crippen LogP contribution in [-0.2, 0) is 20.0 Å². The summed E-state index contributed by atoms with van der Waals surface area (Å²) >= 11 is 13.4. The van der Waals surface area contributed by atoms with Crippen LogP contribution in [0, 0.1) is 20.8 Å². The monoisotopic (exact) mass is 485 g/mol. The van der Waals surface area contributed by atoms with Gasteiger partial charge in [-0.25, -0.2) is 0 Å². The van der Waals surface area contributed by atoms with Crippen molar-refractivity contribution in [2.45, 2.75) is 52.5 Å². The summed E-state index contributed by atoms with van der Waals surface area (Å²) in [5, 5.41) is 4.86. The second-order valence-corrected chi connectivity index (χ2v) is 9.89. The number of rotatable bonds is 4. The standard InChI is InChI=1S/C25H25Cl2N3O3/c1-12-9-17(15-5-6-15)19(24(31)29(12)4)11-30-8-7-16-20(26)10-18(23(27)22(16)25(30)32)21-13(2)28-33-14(21)3/h9-10,15H,5-8,11H2,1-4H3. The van der Waals surface area contributed by atoms with Gasteiger partial charge in [-0.1, -0.05) is 28.4 Å². The molecule has 1 saturated carbocycles. The third-order valence-corrected chi connectivity index (χ3v) is 7.65. The molecule has 0 spiro atoms. The van der Waals surface area contributed by atoms with Crippen molar-refractivity contribution in [3.63, 3.8) is 0 Å². The highest BCUT2D eigenvalue weighted by Crippen LogP contribution is 2.43. The lowest BCUT2D eigenvalue weighted by atomic mass is 9.92. The van der Waals surface area contributed by atoms with Crippen LogP contribution >= 0.6 is 23.2 Å². The Balaban J connectivity index is 1.58. The first-order chi connectivity index (χ1) is 15.7. The third kappa shape index (κ3) is 3.60. The van der Waals surface area contributed by atoms with Gasteiger partial charge in [0.1, 0.15) is 5.76 Å². The highest BCUT2D eigenvalue weighted by Gasteiger charge is 2.34. The number of halogens is 2. The van der Waals surface area contributed by atoms with E-state index < -0.39 is 0 Å². The van der Waals surface area contributed by atoms with Crippen LogP contribution in [0.3, 0.4) is 0 Å². The maximum Gasteiger partial charge on any atom is 0.256 e. The lowest BCUT2D eigenvalue weighted by Gasteiger charge is -2.31. The molecule has 2 aliphatic rings. The molecule has 1 aliphatic carbocycles. The number of carbonyl (C=O) groups excluding carboxylic acids is 1. The zero-order valence-electron chi connectivity index (χ0n) is 19.1. The van der Waals surface area contributed by atoms with Crippen LogP contribution in [0.4, 0.5) is 0 Å². The summed E-state index contributed by atoms with van der Waals surface area (Å²) in [6.07, 6.45) is 2.74. The molecule has 0 unspecified atom stereocenters. The van der Waals surface area contributed by atoms with Gasteiger partial charge in [-0.15, -0.1) is 0 Å². The average Bonchev–Trinajstić information content (AvgIpc) is 3.57. The summed E-state index contributed by atoms with van der Waals surface area (Å²) in [5.41, 5.74) is 5.89. The molecule has 0 radical (unpaired) electrons. The van der Waals surface area contributed by atoms with E-state index in [2.05, 4.69) is 11.2 Å². The number of fused-ring (bicyclic) bond motifs is 1. The van der Waals surface area contributed by atoms with Crippen molar-refractivity contribution in [3.8, 4) is 11.1 Å². The highest BCUT2D eigenvalue weighted by atomic mass is 35.5. The van der Waals surface area contributed by atoms with E-state index in [1.165, 1.54) is 0 Å². The topological polar surface area (TPSA) is 68.3 Å². The van der Waals surface area contributed by atoms with Crippen molar-refractivity contribution in [2.24, 2.45) is 7.05 Å². The molecule has 6 nitrogen and oxygen atoms in total. The number of hydrogen-bond acceptors (Lipinski definition) is 4. The van der Waals surface area contributed by atoms with Crippen molar-refractivity contribution in [1.29, 1.82) is 0 Å². The van der Waals surface area contributed by atoms with Gasteiger partial charge in [-0.3, -0.25) is 9.59 Å². The minimum absolute atomic E-state index is 0.0379. The highest BCUT2D eigenvalue weighted by molar-refractivity contribution is 6.39. The van der Waals surface area contributed by atoms with E-state index in [-0.39, 0.29) is 18.0 Å². The Morgan fingerprint density at radius 1 is 1.12 bits per heavy atom. The Bertz CT molecular complexity index is 1350. The smallest absolute Gasteiger partial charge is 0.256 e. The average molecular weight is 486 g/mol. The van der Waals surface area contributed by atoms with Crippen LogP contribution < -0.4 is 5.56 Å². The molecule has 1 fully saturated rings. The normalized spacial score (nSPS) is 15.8. The van der Waals surface area contributed by atoms with E-state index >= 15 is 0 Å². The Morgan fingerprint density at radius 3 is 2.48 bits per heavy atom. The number of pyridine rings is 1. The summed E-state index contributed by atoms with van der Waals surface area (Å²) in [6, 6.07) is 3.88. The minimum atomic E-state index is -0.207. The molecule has 3 heterocycles. The largest absolute Gasteiger partial charge is 0.361 e. The molecule has 8 heteroatoms. The molecule has 5 rings (SSSR count). The molecule has 1 amide bonds. The molecule has 33 heavy (non-hydrogen) atoms. The molecule has 2 aromatic heterocycles. The van der Waals surface area contributed by atoms with Crippen molar-refractivity contribution < 1.29 is 9.32 Å². The molecule has 1 aromatic carbocycles. The molecule has 0 atom stereocenters. The number of nitrogens with zero attached hydrogens (tertiary/aromatic N) is 3. The molecular formula is C25H25Cl2N3O3. The van der Waals surface area contributed by atoms with Crippen molar-refractivity contribution in [3.05, 3.63) is 71.9 Å². The summed E-state index contributed by atoms with van der Waals surface area (Å²) in [5.74, 6) is 0.813. The van der Waals surface area contributed by atoms with Crippen LogP contribution in [-0.4, -0.2) is 27.1 Å². The van der Waals surface area contributed by atoms with E-state index in [1.54, 1.807) is 29.5 Å². The summed E-state index contributed by atoms with van der Waals surface area (Å²) in [4.78, 5) is 28.5. The first-order valence-corrected chi connectivity index (χ1v) is 11.9. The molecule has 172 valence electrons. The number of aryl methyl sites for hydroxylation is 3. The Kier molecular flexibility index (Phi) is 5.41. The van der Waals surface area contributed by atoms with Gasteiger partial charge in [0.25, 0.3) is 11.5 Å². The van der Waals surface area contributed by atoms with E-state index in [1.807, 2.05) is 13.8 Å². The molecule has 1 aliphatic heterocycles. The lowest BCUT2D eigenvalue weighted by Crippen LogP contribution is -2.40. The van der Waals surface area contributed by atoms with E-state index in [4.69, 9.17) is 27.7 Å². The lowest BCUT2D eigenvalue weighted by molar-refractivity contribution is 0.0726. The van der Waals surface area contributed by atoms with Crippen LogP contribution in [0.1, 0.15) is 63.0 Å². The van der Waals surface area contributed by atoms with Crippen LogP contribution in [0.25, 0.3) is 11.1 Å². The quantitative estimate of drug-likeness (QED) is 0.499.